The Morgan fingerprint density at radius 1 is 1.17 bits per heavy atom. The summed E-state index contributed by atoms with van der Waals surface area (Å²) in [6, 6.07) is 9.83. The van der Waals surface area contributed by atoms with Crippen molar-refractivity contribution >= 4 is 5.91 Å². The van der Waals surface area contributed by atoms with Gasteiger partial charge in [-0.1, -0.05) is 30.3 Å². The molecule has 1 aromatic carbocycles. The number of carbonyl (C=O) groups is 1. The Bertz CT molecular complexity index is 722. The summed E-state index contributed by atoms with van der Waals surface area (Å²) in [5.41, 5.74) is 1.13. The number of amides is 1. The van der Waals surface area contributed by atoms with Crippen LogP contribution in [0.25, 0.3) is 0 Å². The minimum absolute atomic E-state index is 0.138. The van der Waals surface area contributed by atoms with Crippen LogP contribution in [0.5, 0.6) is 0 Å². The molecule has 24 heavy (non-hydrogen) atoms. The summed E-state index contributed by atoms with van der Waals surface area (Å²) in [7, 11) is 0. The highest BCUT2D eigenvalue weighted by Gasteiger charge is 2.35. The number of aromatic nitrogens is 3. The molecular formula is C18H22N4O2. The second-order valence-corrected chi connectivity index (χ2v) is 6.59. The topological polar surface area (TPSA) is 60.3 Å². The summed E-state index contributed by atoms with van der Waals surface area (Å²) in [5, 5.41) is 8.81. The minimum Gasteiger partial charge on any atom is -0.381 e. The van der Waals surface area contributed by atoms with Crippen LogP contribution in [-0.2, 0) is 22.6 Å². The quantitative estimate of drug-likeness (QED) is 0.868. The Morgan fingerprint density at radius 3 is 2.67 bits per heavy atom. The molecule has 0 N–H and O–H groups in total. The number of nitrogens with zero attached hydrogens (tertiary/aromatic N) is 4. The normalized spacial score (nSPS) is 21.8. The van der Waals surface area contributed by atoms with E-state index >= 15 is 0 Å². The summed E-state index contributed by atoms with van der Waals surface area (Å²) in [6.07, 6.45) is 1.90. The average molecular weight is 326 g/mol. The molecular weight excluding hydrogens is 304 g/mol. The lowest BCUT2D eigenvalue weighted by atomic mass is 9.98. The number of hydrogen-bond donors (Lipinski definition) is 0. The molecule has 1 aromatic heterocycles. The van der Waals surface area contributed by atoms with Gasteiger partial charge >= 0.3 is 0 Å². The van der Waals surface area contributed by atoms with Crippen LogP contribution in [0.3, 0.4) is 0 Å². The van der Waals surface area contributed by atoms with Crippen molar-refractivity contribution in [1.29, 1.82) is 0 Å². The molecule has 0 spiro atoms. The molecule has 126 valence electrons. The van der Waals surface area contributed by atoms with Crippen molar-refractivity contribution in [3.63, 3.8) is 0 Å². The fourth-order valence-electron chi connectivity index (χ4n) is 3.66. The third-order valence-corrected chi connectivity index (χ3v) is 4.98. The van der Waals surface area contributed by atoms with Gasteiger partial charge in [-0.05, 0) is 25.3 Å². The number of hydrogen-bond acceptors (Lipinski definition) is 4. The highest BCUT2D eigenvalue weighted by atomic mass is 16.5. The largest absolute Gasteiger partial charge is 0.381 e. The summed E-state index contributed by atoms with van der Waals surface area (Å²) >= 11 is 0. The van der Waals surface area contributed by atoms with Crippen molar-refractivity contribution in [2.24, 2.45) is 0 Å². The monoisotopic (exact) mass is 326 g/mol. The van der Waals surface area contributed by atoms with Gasteiger partial charge in [0.25, 0.3) is 0 Å². The van der Waals surface area contributed by atoms with Gasteiger partial charge in [0.1, 0.15) is 11.9 Å². The molecule has 1 atom stereocenters. The molecule has 4 rings (SSSR count). The van der Waals surface area contributed by atoms with Gasteiger partial charge in [0.2, 0.25) is 5.91 Å². The van der Waals surface area contributed by atoms with E-state index in [4.69, 9.17) is 4.74 Å². The third kappa shape index (κ3) is 2.71. The number of ether oxygens (including phenoxy) is 1. The fourth-order valence-corrected chi connectivity index (χ4v) is 3.66. The van der Waals surface area contributed by atoms with Gasteiger partial charge in [-0.15, -0.1) is 10.2 Å². The molecule has 0 unspecified atom stereocenters. The van der Waals surface area contributed by atoms with E-state index in [1.54, 1.807) is 0 Å². The third-order valence-electron chi connectivity index (χ3n) is 4.98. The van der Waals surface area contributed by atoms with E-state index in [1.807, 2.05) is 42.2 Å². The maximum atomic E-state index is 12.9. The highest BCUT2D eigenvalue weighted by molar-refractivity contribution is 5.81. The van der Waals surface area contributed by atoms with Crippen molar-refractivity contribution in [2.45, 2.75) is 44.8 Å². The van der Waals surface area contributed by atoms with Gasteiger partial charge in [0, 0.05) is 25.7 Å². The van der Waals surface area contributed by atoms with Crippen LogP contribution in [0.2, 0.25) is 0 Å². The lowest BCUT2D eigenvalue weighted by Gasteiger charge is -2.33. The molecule has 0 radical (unpaired) electrons. The maximum Gasteiger partial charge on any atom is 0.246 e. The van der Waals surface area contributed by atoms with E-state index in [9.17, 15) is 4.79 Å². The van der Waals surface area contributed by atoms with E-state index in [1.165, 1.54) is 0 Å². The molecule has 2 aromatic rings. The van der Waals surface area contributed by atoms with E-state index in [0.717, 1.165) is 43.3 Å². The van der Waals surface area contributed by atoms with E-state index < -0.39 is 0 Å². The fraction of sp³-hybridized carbons (Fsp3) is 0.500. The number of fused-ring (bicyclic) bond motifs is 1. The Kier molecular flexibility index (Phi) is 4.06. The number of benzene rings is 1. The Labute approximate surface area is 141 Å². The molecule has 2 aliphatic heterocycles. The predicted molar refractivity (Wildman–Crippen MR) is 88.2 cm³/mol. The van der Waals surface area contributed by atoms with Gasteiger partial charge in [-0.3, -0.25) is 4.79 Å². The summed E-state index contributed by atoms with van der Waals surface area (Å²) in [4.78, 5) is 14.7. The molecule has 1 saturated heterocycles. The van der Waals surface area contributed by atoms with Crippen molar-refractivity contribution < 1.29 is 9.53 Å². The van der Waals surface area contributed by atoms with Crippen molar-refractivity contribution in [1.82, 2.24) is 19.7 Å². The maximum absolute atomic E-state index is 12.9. The Hall–Kier alpha value is -2.21. The minimum atomic E-state index is -0.245. The molecule has 0 aliphatic carbocycles. The first kappa shape index (κ1) is 15.3. The SMILES string of the molecule is C[C@@H]1C(=O)N(Cc2ccccc2)Cc2nnc(C3CCOCC3)n21. The lowest BCUT2D eigenvalue weighted by molar-refractivity contribution is -0.137. The second kappa shape index (κ2) is 6.36. The van der Waals surface area contributed by atoms with Gasteiger partial charge in [-0.2, -0.15) is 0 Å². The zero-order valence-electron chi connectivity index (χ0n) is 13.9. The van der Waals surface area contributed by atoms with Gasteiger partial charge in [-0.25, -0.2) is 0 Å². The van der Waals surface area contributed by atoms with Crippen LogP contribution in [0.1, 0.15) is 48.9 Å². The molecule has 6 nitrogen and oxygen atoms in total. The lowest BCUT2D eigenvalue weighted by Crippen LogP contribution is -2.42. The number of rotatable bonds is 3. The highest BCUT2D eigenvalue weighted by Crippen LogP contribution is 2.31. The molecule has 3 heterocycles. The molecule has 1 fully saturated rings. The summed E-state index contributed by atoms with van der Waals surface area (Å²) in [6.45, 7) is 4.61. The first-order valence-electron chi connectivity index (χ1n) is 8.58. The smallest absolute Gasteiger partial charge is 0.246 e. The zero-order valence-corrected chi connectivity index (χ0v) is 13.9. The van der Waals surface area contributed by atoms with Crippen LogP contribution < -0.4 is 0 Å². The van der Waals surface area contributed by atoms with Gasteiger partial charge in [0.15, 0.2) is 5.82 Å². The summed E-state index contributed by atoms with van der Waals surface area (Å²) in [5.74, 6) is 2.32. The average Bonchev–Trinajstić information content (AvgIpc) is 3.05. The van der Waals surface area contributed by atoms with Gasteiger partial charge < -0.3 is 14.2 Å². The molecule has 6 heteroatoms. The molecule has 0 bridgehead atoms. The first-order chi connectivity index (χ1) is 11.7. The standard InChI is InChI=1S/C18H22N4O2/c1-13-18(23)21(11-14-5-3-2-4-6-14)12-16-19-20-17(22(13)16)15-7-9-24-10-8-15/h2-6,13,15H,7-12H2,1H3/t13-/m1/s1. The Balaban J connectivity index is 1.59. The van der Waals surface area contributed by atoms with E-state index in [-0.39, 0.29) is 11.9 Å². The molecule has 1 amide bonds. The Morgan fingerprint density at radius 2 is 1.92 bits per heavy atom. The first-order valence-corrected chi connectivity index (χ1v) is 8.58. The molecule has 2 aliphatic rings. The molecule has 0 saturated carbocycles. The van der Waals surface area contributed by atoms with Crippen molar-refractivity contribution in [3.8, 4) is 0 Å². The van der Waals surface area contributed by atoms with E-state index in [2.05, 4.69) is 14.8 Å². The van der Waals surface area contributed by atoms with Crippen LogP contribution in [0, 0.1) is 0 Å². The van der Waals surface area contributed by atoms with E-state index in [0.29, 0.717) is 19.0 Å². The second-order valence-electron chi connectivity index (χ2n) is 6.59. The summed E-state index contributed by atoms with van der Waals surface area (Å²) < 4.78 is 7.50. The van der Waals surface area contributed by atoms with Crippen LogP contribution in [-0.4, -0.2) is 38.8 Å². The van der Waals surface area contributed by atoms with Crippen LogP contribution >= 0.6 is 0 Å². The van der Waals surface area contributed by atoms with Gasteiger partial charge in [0.05, 0.1) is 6.54 Å². The van der Waals surface area contributed by atoms with Crippen LogP contribution in [0.15, 0.2) is 30.3 Å². The van der Waals surface area contributed by atoms with Crippen molar-refractivity contribution in [3.05, 3.63) is 47.5 Å². The number of carbonyl (C=O) groups excluding carboxylic acids is 1. The van der Waals surface area contributed by atoms with Crippen molar-refractivity contribution in [2.75, 3.05) is 13.2 Å². The predicted octanol–water partition coefficient (Wildman–Crippen LogP) is 2.28. The zero-order chi connectivity index (χ0) is 16.5. The van der Waals surface area contributed by atoms with Crippen LogP contribution in [0.4, 0.5) is 0 Å².